The number of rotatable bonds is 2. The summed E-state index contributed by atoms with van der Waals surface area (Å²) in [5, 5.41) is 0.307. The van der Waals surface area contributed by atoms with Crippen molar-refractivity contribution in [2.75, 3.05) is 4.90 Å². The molecule has 1 aliphatic heterocycles. The van der Waals surface area contributed by atoms with Gasteiger partial charge in [0.15, 0.2) is 6.10 Å². The van der Waals surface area contributed by atoms with Crippen LogP contribution >= 0.6 is 11.6 Å². The lowest BCUT2D eigenvalue weighted by atomic mass is 10.1. The molecule has 0 bridgehead atoms. The van der Waals surface area contributed by atoms with Gasteiger partial charge in [0.25, 0.3) is 5.91 Å². The summed E-state index contributed by atoms with van der Waals surface area (Å²) in [4.78, 5) is 14.0. The molecule has 0 aliphatic carbocycles. The zero-order valence-corrected chi connectivity index (χ0v) is 13.0. The molecule has 3 nitrogen and oxygen atoms in total. The van der Waals surface area contributed by atoms with Gasteiger partial charge in [0.05, 0.1) is 12.2 Å². The van der Waals surface area contributed by atoms with E-state index in [2.05, 4.69) is 0 Å². The largest absolute Gasteiger partial charge is 0.479 e. The number of hydrogen-bond acceptors (Lipinski definition) is 2. The van der Waals surface area contributed by atoms with Crippen LogP contribution in [0, 0.1) is 12.7 Å². The van der Waals surface area contributed by atoms with E-state index in [0.29, 0.717) is 22.0 Å². The highest BCUT2D eigenvalue weighted by atomic mass is 35.5. The summed E-state index contributed by atoms with van der Waals surface area (Å²) in [6.07, 6.45) is -0.610. The molecule has 1 atom stereocenters. The Morgan fingerprint density at radius 2 is 2.09 bits per heavy atom. The average Bonchev–Trinajstić information content (AvgIpc) is 2.47. The highest BCUT2D eigenvalue weighted by Gasteiger charge is 2.32. The Hall–Kier alpha value is -2.07. The second-order valence-corrected chi connectivity index (χ2v) is 5.76. The summed E-state index contributed by atoms with van der Waals surface area (Å²) in [5.74, 6) is -0.0174. The first-order valence-corrected chi connectivity index (χ1v) is 7.36. The van der Waals surface area contributed by atoms with Gasteiger partial charge in [-0.2, -0.15) is 0 Å². The summed E-state index contributed by atoms with van der Waals surface area (Å²) in [6, 6.07) is 10.1. The van der Waals surface area contributed by atoms with Crippen molar-refractivity contribution in [3.63, 3.8) is 0 Å². The number of nitrogens with zero attached hydrogens (tertiary/aromatic N) is 1. The fraction of sp³-hybridized carbons (Fsp3) is 0.235. The molecule has 0 spiro atoms. The van der Waals surface area contributed by atoms with Crippen molar-refractivity contribution in [3.8, 4) is 5.75 Å². The number of anilines is 1. The van der Waals surface area contributed by atoms with E-state index in [0.717, 1.165) is 5.56 Å². The van der Waals surface area contributed by atoms with E-state index in [-0.39, 0.29) is 12.5 Å². The Bertz CT molecular complexity index is 727. The summed E-state index contributed by atoms with van der Waals surface area (Å²) >= 11 is 6.08. The van der Waals surface area contributed by atoms with Crippen molar-refractivity contribution in [3.05, 3.63) is 58.4 Å². The van der Waals surface area contributed by atoms with Crippen LogP contribution in [0.5, 0.6) is 5.75 Å². The van der Waals surface area contributed by atoms with Crippen molar-refractivity contribution >= 4 is 23.2 Å². The van der Waals surface area contributed by atoms with E-state index >= 15 is 0 Å². The van der Waals surface area contributed by atoms with Crippen LogP contribution in [0.1, 0.15) is 18.1 Å². The molecular weight excluding hydrogens is 305 g/mol. The monoisotopic (exact) mass is 319 g/mol. The first kappa shape index (κ1) is 14.9. The molecule has 0 saturated heterocycles. The van der Waals surface area contributed by atoms with Crippen LogP contribution < -0.4 is 9.64 Å². The third-order valence-electron chi connectivity index (χ3n) is 3.70. The van der Waals surface area contributed by atoms with Crippen LogP contribution in [-0.4, -0.2) is 12.0 Å². The van der Waals surface area contributed by atoms with Crippen molar-refractivity contribution in [2.45, 2.75) is 26.5 Å². The van der Waals surface area contributed by atoms with E-state index in [4.69, 9.17) is 16.3 Å². The van der Waals surface area contributed by atoms with Crippen LogP contribution in [0.3, 0.4) is 0 Å². The fourth-order valence-electron chi connectivity index (χ4n) is 2.52. The Kier molecular flexibility index (Phi) is 3.79. The maximum absolute atomic E-state index is 14.0. The van der Waals surface area contributed by atoms with Crippen LogP contribution in [0.2, 0.25) is 5.02 Å². The van der Waals surface area contributed by atoms with Gasteiger partial charge in [-0.25, -0.2) is 4.39 Å². The maximum atomic E-state index is 14.0. The van der Waals surface area contributed by atoms with Gasteiger partial charge in [0.2, 0.25) is 0 Å². The van der Waals surface area contributed by atoms with Gasteiger partial charge in [0.1, 0.15) is 11.6 Å². The second-order valence-electron chi connectivity index (χ2n) is 5.36. The lowest BCUT2D eigenvalue weighted by Crippen LogP contribution is -2.44. The van der Waals surface area contributed by atoms with Crippen LogP contribution in [0.15, 0.2) is 36.4 Å². The molecule has 5 heteroatoms. The van der Waals surface area contributed by atoms with E-state index in [9.17, 15) is 9.18 Å². The van der Waals surface area contributed by atoms with Crippen LogP contribution in [0.4, 0.5) is 10.1 Å². The molecule has 3 rings (SSSR count). The molecule has 2 aromatic carbocycles. The second kappa shape index (κ2) is 5.61. The number of halogens is 2. The predicted molar refractivity (Wildman–Crippen MR) is 83.9 cm³/mol. The molecule has 22 heavy (non-hydrogen) atoms. The lowest BCUT2D eigenvalue weighted by molar-refractivity contribution is -0.125. The molecule has 0 fully saturated rings. The molecule has 1 aliphatic rings. The summed E-state index contributed by atoms with van der Waals surface area (Å²) < 4.78 is 19.6. The van der Waals surface area contributed by atoms with E-state index < -0.39 is 11.9 Å². The molecule has 0 N–H and O–H groups in total. The molecular formula is C17H15ClFNO2. The van der Waals surface area contributed by atoms with Crippen LogP contribution in [0.25, 0.3) is 0 Å². The third-order valence-corrected chi connectivity index (χ3v) is 4.05. The van der Waals surface area contributed by atoms with Gasteiger partial charge in [-0.3, -0.25) is 4.79 Å². The summed E-state index contributed by atoms with van der Waals surface area (Å²) in [6.45, 7) is 3.69. The van der Waals surface area contributed by atoms with Crippen LogP contribution in [-0.2, 0) is 11.3 Å². The highest BCUT2D eigenvalue weighted by molar-refractivity contribution is 6.31. The summed E-state index contributed by atoms with van der Waals surface area (Å²) in [7, 11) is 0. The number of amides is 1. The molecule has 1 amide bonds. The predicted octanol–water partition coefficient (Wildman–Crippen LogP) is 4.10. The Morgan fingerprint density at radius 1 is 1.32 bits per heavy atom. The van der Waals surface area contributed by atoms with Gasteiger partial charge < -0.3 is 9.64 Å². The summed E-state index contributed by atoms with van der Waals surface area (Å²) in [5.41, 5.74) is 1.94. The molecule has 1 heterocycles. The first-order chi connectivity index (χ1) is 10.5. The first-order valence-electron chi connectivity index (χ1n) is 6.99. The minimum atomic E-state index is -0.610. The molecule has 0 radical (unpaired) electrons. The topological polar surface area (TPSA) is 29.5 Å². The van der Waals surface area contributed by atoms with Crippen molar-refractivity contribution in [1.82, 2.24) is 0 Å². The Balaban J connectivity index is 2.06. The van der Waals surface area contributed by atoms with Gasteiger partial charge in [-0.05, 0) is 43.7 Å². The normalized spacial score (nSPS) is 17.2. The standard InChI is InChI=1S/C17H15ClFNO2/c1-10-6-7-16-15(8-10)20(17(21)11(2)22-16)9-12-13(18)4-3-5-14(12)19/h3-8,11H,9H2,1-2H3/t11-/m1/s1. The van der Waals surface area contributed by atoms with E-state index in [1.807, 2.05) is 25.1 Å². The molecule has 2 aromatic rings. The molecule has 0 aromatic heterocycles. The van der Waals surface area contributed by atoms with Gasteiger partial charge in [-0.1, -0.05) is 23.7 Å². The maximum Gasteiger partial charge on any atom is 0.268 e. The number of hydrogen-bond donors (Lipinski definition) is 0. The van der Waals surface area contributed by atoms with Crippen molar-refractivity contribution in [1.29, 1.82) is 0 Å². The van der Waals surface area contributed by atoms with E-state index in [1.54, 1.807) is 19.1 Å². The SMILES string of the molecule is Cc1ccc2c(c1)N(Cc1c(F)cccc1Cl)C(=O)[C@@H](C)O2. The average molecular weight is 320 g/mol. The molecule has 0 saturated carbocycles. The minimum absolute atomic E-state index is 0.0779. The fourth-order valence-corrected chi connectivity index (χ4v) is 2.74. The zero-order chi connectivity index (χ0) is 15.9. The third kappa shape index (κ3) is 2.55. The molecule has 114 valence electrons. The van der Waals surface area contributed by atoms with E-state index in [1.165, 1.54) is 11.0 Å². The van der Waals surface area contributed by atoms with Crippen molar-refractivity contribution in [2.24, 2.45) is 0 Å². The number of ether oxygens (including phenoxy) is 1. The number of carbonyl (C=O) groups excluding carboxylic acids is 1. The highest BCUT2D eigenvalue weighted by Crippen LogP contribution is 2.36. The number of benzene rings is 2. The lowest BCUT2D eigenvalue weighted by Gasteiger charge is -2.33. The smallest absolute Gasteiger partial charge is 0.268 e. The number of fused-ring (bicyclic) bond motifs is 1. The minimum Gasteiger partial charge on any atom is -0.479 e. The Morgan fingerprint density at radius 3 is 2.82 bits per heavy atom. The van der Waals surface area contributed by atoms with Gasteiger partial charge in [0, 0.05) is 10.6 Å². The van der Waals surface area contributed by atoms with Gasteiger partial charge >= 0.3 is 0 Å². The number of aryl methyl sites for hydroxylation is 1. The zero-order valence-electron chi connectivity index (χ0n) is 12.3. The van der Waals surface area contributed by atoms with Gasteiger partial charge in [-0.15, -0.1) is 0 Å². The Labute approximate surface area is 133 Å². The quantitative estimate of drug-likeness (QED) is 0.834. The van der Waals surface area contributed by atoms with Crippen molar-refractivity contribution < 1.29 is 13.9 Å². The number of carbonyl (C=O) groups is 1. The molecule has 0 unspecified atom stereocenters.